The number of hydrogen-bond donors (Lipinski definition) is 0. The van der Waals surface area contributed by atoms with Crippen molar-refractivity contribution >= 4 is 15.5 Å². The summed E-state index contributed by atoms with van der Waals surface area (Å²) in [5.41, 5.74) is -0.175. The molecule has 0 spiro atoms. The van der Waals surface area contributed by atoms with Gasteiger partial charge in [-0.05, 0) is 29.8 Å². The molecule has 0 saturated heterocycles. The molecular weight excluding hydrogens is 367 g/mol. The van der Waals surface area contributed by atoms with Gasteiger partial charge in [-0.15, -0.1) is 0 Å². The first-order valence-electron chi connectivity index (χ1n) is 7.64. The summed E-state index contributed by atoms with van der Waals surface area (Å²) in [4.78, 5) is 2.95. The average molecular weight is 381 g/mol. The Labute approximate surface area is 149 Å². The van der Waals surface area contributed by atoms with Crippen LogP contribution in [0.1, 0.15) is 30.1 Å². The van der Waals surface area contributed by atoms with Gasteiger partial charge in [0.2, 0.25) is 0 Å². The zero-order valence-corrected chi connectivity index (χ0v) is 14.6. The molecule has 0 N–H and O–H groups in total. The van der Waals surface area contributed by atoms with Crippen LogP contribution >= 0.6 is 0 Å². The lowest BCUT2D eigenvalue weighted by molar-refractivity contribution is 0.166. The summed E-state index contributed by atoms with van der Waals surface area (Å²) in [6.45, 7) is 8.35. The predicted molar refractivity (Wildman–Crippen MR) is 89.4 cm³/mol. The number of hydrogen-bond acceptors (Lipinski definition) is 3. The van der Waals surface area contributed by atoms with Crippen molar-refractivity contribution in [2.45, 2.75) is 30.1 Å². The van der Waals surface area contributed by atoms with Crippen molar-refractivity contribution in [3.05, 3.63) is 58.7 Å². The Morgan fingerprint density at radius 2 is 1.85 bits per heavy atom. The van der Waals surface area contributed by atoms with E-state index >= 15 is 0 Å². The predicted octanol–water partition coefficient (Wildman–Crippen LogP) is 5.04. The van der Waals surface area contributed by atoms with Crippen molar-refractivity contribution in [3.63, 3.8) is 0 Å². The number of alkyl halides is 2. The van der Waals surface area contributed by atoms with Crippen molar-refractivity contribution in [2.75, 3.05) is 6.26 Å². The van der Waals surface area contributed by atoms with E-state index in [0.717, 1.165) is 18.4 Å². The third kappa shape index (κ3) is 3.03. The molecule has 1 aliphatic carbocycles. The molecule has 26 heavy (non-hydrogen) atoms. The van der Waals surface area contributed by atoms with Gasteiger partial charge in [-0.1, -0.05) is 6.92 Å². The molecule has 0 heterocycles. The highest BCUT2D eigenvalue weighted by Gasteiger charge is 2.44. The van der Waals surface area contributed by atoms with Gasteiger partial charge in [0.05, 0.1) is 11.5 Å². The minimum absolute atomic E-state index is 0.0158. The maximum atomic E-state index is 14.5. The number of fused-ring (bicyclic) bond motifs is 1. The molecule has 0 aliphatic heterocycles. The van der Waals surface area contributed by atoms with Crippen molar-refractivity contribution in [2.24, 2.45) is 0 Å². The van der Waals surface area contributed by atoms with Gasteiger partial charge < -0.3 is 4.74 Å². The molecule has 0 saturated carbocycles. The highest BCUT2D eigenvalue weighted by Crippen LogP contribution is 2.51. The lowest BCUT2D eigenvalue weighted by atomic mass is 10.0. The first-order valence-corrected chi connectivity index (χ1v) is 9.53. The van der Waals surface area contributed by atoms with E-state index in [1.54, 1.807) is 0 Å². The van der Waals surface area contributed by atoms with Crippen LogP contribution in [0.15, 0.2) is 35.2 Å². The van der Waals surface area contributed by atoms with E-state index in [9.17, 15) is 21.6 Å². The molecule has 4 nitrogen and oxygen atoms in total. The fraction of sp³-hybridized carbons (Fsp3) is 0.278. The zero-order chi connectivity index (χ0) is 19.2. The van der Waals surface area contributed by atoms with Gasteiger partial charge in [0, 0.05) is 23.8 Å². The van der Waals surface area contributed by atoms with Gasteiger partial charge in [-0.3, -0.25) is 0 Å². The monoisotopic (exact) mass is 381 g/mol. The molecule has 0 aromatic heterocycles. The first kappa shape index (κ1) is 18.3. The highest BCUT2D eigenvalue weighted by atomic mass is 32.2. The lowest BCUT2D eigenvalue weighted by Crippen LogP contribution is -2.08. The zero-order valence-electron chi connectivity index (χ0n) is 13.8. The number of nitrogens with zero attached hydrogens (tertiary/aromatic N) is 1. The fourth-order valence-electron chi connectivity index (χ4n) is 3.13. The van der Waals surface area contributed by atoms with Crippen LogP contribution in [0, 0.1) is 12.4 Å². The Morgan fingerprint density at radius 3 is 2.46 bits per heavy atom. The minimum atomic E-state index is -3.70. The molecule has 8 heteroatoms. The van der Waals surface area contributed by atoms with E-state index in [1.165, 1.54) is 25.1 Å². The van der Waals surface area contributed by atoms with E-state index in [2.05, 4.69) is 4.85 Å². The summed E-state index contributed by atoms with van der Waals surface area (Å²) in [6, 6.07) is 5.71. The first-order chi connectivity index (χ1) is 12.1. The second-order valence-corrected chi connectivity index (χ2v) is 8.14. The molecule has 0 unspecified atom stereocenters. The molecule has 0 amide bonds. The van der Waals surface area contributed by atoms with Gasteiger partial charge in [-0.2, -0.15) is 0 Å². The second kappa shape index (κ2) is 6.32. The summed E-state index contributed by atoms with van der Waals surface area (Å²) >= 11 is 0. The van der Waals surface area contributed by atoms with Gasteiger partial charge in [0.25, 0.3) is 0 Å². The van der Waals surface area contributed by atoms with E-state index in [4.69, 9.17) is 11.3 Å². The topological polar surface area (TPSA) is 47.7 Å². The van der Waals surface area contributed by atoms with Gasteiger partial charge >= 0.3 is 0 Å². The summed E-state index contributed by atoms with van der Waals surface area (Å²) in [5, 5.41) is 0. The van der Waals surface area contributed by atoms with Gasteiger partial charge in [0.15, 0.2) is 21.7 Å². The number of benzene rings is 2. The molecular formula is C18H14F3NO3S. The molecule has 0 radical (unpaired) electrons. The third-order valence-electron chi connectivity index (χ3n) is 4.31. The third-order valence-corrected chi connectivity index (χ3v) is 5.46. The second-order valence-electron chi connectivity index (χ2n) is 6.16. The highest BCUT2D eigenvalue weighted by molar-refractivity contribution is 7.90. The quantitative estimate of drug-likeness (QED) is 0.700. The standard InChI is InChI=1S/C18H14F3NO3S/c1-9-15-14(26(3,23)24)5-4-13(16(15)18(21)17(9)20)25-12-7-10(19)6-11(8-12)22-2/h4-9,17-18H,1,3H3/t9-,17-,18+/m0/s1. The SMILES string of the molecule is [C-]#[N+]c1cc(F)cc(Oc2ccc(S(C)(=O)=O)c3c2[C@@H](F)[C@@H](F)[C@H]3C)c1. The Hall–Kier alpha value is -2.53. The maximum absolute atomic E-state index is 14.5. The van der Waals surface area contributed by atoms with Crippen molar-refractivity contribution in [1.82, 2.24) is 0 Å². The maximum Gasteiger partial charge on any atom is 0.193 e. The number of halogens is 3. The number of rotatable bonds is 3. The van der Waals surface area contributed by atoms with Crippen LogP contribution in [0.4, 0.5) is 18.9 Å². The van der Waals surface area contributed by atoms with E-state index in [1.807, 2.05) is 0 Å². The van der Waals surface area contributed by atoms with Gasteiger partial charge in [-0.25, -0.2) is 26.4 Å². The fourth-order valence-corrected chi connectivity index (χ4v) is 4.14. The molecule has 3 rings (SSSR count). The molecule has 1 aliphatic rings. The number of ether oxygens (including phenoxy) is 1. The lowest BCUT2D eigenvalue weighted by Gasteiger charge is -2.15. The molecule has 0 bridgehead atoms. The Bertz CT molecular complexity index is 1030. The molecule has 136 valence electrons. The smallest absolute Gasteiger partial charge is 0.193 e. The average Bonchev–Trinajstić information content (AvgIpc) is 2.79. The molecule has 0 fully saturated rings. The summed E-state index contributed by atoms with van der Waals surface area (Å²) in [7, 11) is -3.70. The Morgan fingerprint density at radius 1 is 1.15 bits per heavy atom. The summed E-state index contributed by atoms with van der Waals surface area (Å²) < 4.78 is 71.8. The molecule has 3 atom stereocenters. The van der Waals surface area contributed by atoms with Crippen LogP contribution in [0.5, 0.6) is 11.5 Å². The largest absolute Gasteiger partial charge is 0.458 e. The molecule has 2 aromatic rings. The van der Waals surface area contributed by atoms with Crippen molar-refractivity contribution < 1.29 is 26.3 Å². The van der Waals surface area contributed by atoms with Crippen molar-refractivity contribution in [3.8, 4) is 11.5 Å². The van der Waals surface area contributed by atoms with Crippen LogP contribution in [0.3, 0.4) is 0 Å². The molecule has 2 aromatic carbocycles. The van der Waals surface area contributed by atoms with Crippen LogP contribution in [-0.2, 0) is 9.84 Å². The van der Waals surface area contributed by atoms with E-state index in [-0.39, 0.29) is 33.2 Å². The van der Waals surface area contributed by atoms with E-state index < -0.39 is 33.9 Å². The van der Waals surface area contributed by atoms with Crippen LogP contribution in [-0.4, -0.2) is 20.8 Å². The van der Waals surface area contributed by atoms with Crippen LogP contribution in [0.25, 0.3) is 4.85 Å². The van der Waals surface area contributed by atoms with Crippen molar-refractivity contribution in [1.29, 1.82) is 0 Å². The van der Waals surface area contributed by atoms with Crippen LogP contribution in [0.2, 0.25) is 0 Å². The normalized spacial score (nSPS) is 21.9. The van der Waals surface area contributed by atoms with Crippen LogP contribution < -0.4 is 4.74 Å². The minimum Gasteiger partial charge on any atom is -0.458 e. The Kier molecular flexibility index (Phi) is 4.44. The summed E-state index contributed by atoms with van der Waals surface area (Å²) in [5.74, 6) is -1.85. The van der Waals surface area contributed by atoms with E-state index in [0.29, 0.717) is 0 Å². The number of sulfone groups is 1. The summed E-state index contributed by atoms with van der Waals surface area (Å²) in [6.07, 6.45) is -3.02. The Balaban J connectivity index is 2.17. The van der Waals surface area contributed by atoms with Gasteiger partial charge in [0.1, 0.15) is 23.5 Å².